The molecule has 1 aromatic carbocycles. The number of piperidine rings is 1. The van der Waals surface area contributed by atoms with Gasteiger partial charge in [0, 0.05) is 13.1 Å². The van der Waals surface area contributed by atoms with Gasteiger partial charge >= 0.3 is 5.97 Å². The lowest BCUT2D eigenvalue weighted by Gasteiger charge is -2.30. The third-order valence-electron chi connectivity index (χ3n) is 4.46. The summed E-state index contributed by atoms with van der Waals surface area (Å²) >= 11 is 1.45. The van der Waals surface area contributed by atoms with Crippen LogP contribution in [0.2, 0.25) is 0 Å². The minimum absolute atomic E-state index is 0.0540. The van der Waals surface area contributed by atoms with E-state index in [0.717, 1.165) is 10.6 Å². The second-order valence-electron chi connectivity index (χ2n) is 6.37. The van der Waals surface area contributed by atoms with Crippen LogP contribution in [0.4, 0.5) is 0 Å². The van der Waals surface area contributed by atoms with Gasteiger partial charge in [0.15, 0.2) is 0 Å². The summed E-state index contributed by atoms with van der Waals surface area (Å²) in [5.74, 6) is 0.493. The molecule has 1 aromatic heterocycles. The SMILES string of the molecule is Cc1ccc(OCCOC(=O)C2CCN(C(=O)c3cccs3)CC2)cc1. The lowest BCUT2D eigenvalue weighted by atomic mass is 9.97. The van der Waals surface area contributed by atoms with E-state index in [1.165, 1.54) is 16.9 Å². The zero-order valence-corrected chi connectivity index (χ0v) is 15.7. The molecular weight excluding hydrogens is 350 g/mol. The van der Waals surface area contributed by atoms with Gasteiger partial charge in [-0.25, -0.2) is 0 Å². The van der Waals surface area contributed by atoms with Crippen LogP contribution in [0.1, 0.15) is 28.1 Å². The zero-order valence-electron chi connectivity index (χ0n) is 14.8. The van der Waals surface area contributed by atoms with Gasteiger partial charge in [-0.1, -0.05) is 23.8 Å². The normalized spacial score (nSPS) is 14.9. The maximum Gasteiger partial charge on any atom is 0.309 e. The van der Waals surface area contributed by atoms with Crippen LogP contribution in [-0.2, 0) is 9.53 Å². The van der Waals surface area contributed by atoms with Crippen molar-refractivity contribution in [2.75, 3.05) is 26.3 Å². The molecular formula is C20H23NO4S. The molecule has 26 heavy (non-hydrogen) atoms. The Balaban J connectivity index is 1.36. The maximum absolute atomic E-state index is 12.3. The van der Waals surface area contributed by atoms with Crippen LogP contribution in [0.25, 0.3) is 0 Å². The number of aryl methyl sites for hydroxylation is 1. The van der Waals surface area contributed by atoms with Crippen molar-refractivity contribution in [2.24, 2.45) is 5.92 Å². The Morgan fingerprint density at radius 3 is 2.50 bits per heavy atom. The third kappa shape index (κ3) is 4.85. The molecule has 1 fully saturated rings. The highest BCUT2D eigenvalue weighted by molar-refractivity contribution is 7.12. The molecule has 0 unspecified atom stereocenters. The fourth-order valence-electron chi connectivity index (χ4n) is 2.93. The first-order valence-corrected chi connectivity index (χ1v) is 9.70. The molecule has 0 bridgehead atoms. The first-order chi connectivity index (χ1) is 12.6. The van der Waals surface area contributed by atoms with Crippen molar-refractivity contribution in [3.63, 3.8) is 0 Å². The van der Waals surface area contributed by atoms with Crippen molar-refractivity contribution in [1.82, 2.24) is 4.90 Å². The molecule has 138 valence electrons. The molecule has 1 aliphatic heterocycles. The van der Waals surface area contributed by atoms with Crippen LogP contribution < -0.4 is 4.74 Å². The van der Waals surface area contributed by atoms with E-state index >= 15 is 0 Å². The summed E-state index contributed by atoms with van der Waals surface area (Å²) in [4.78, 5) is 27.1. The number of nitrogens with zero attached hydrogens (tertiary/aromatic N) is 1. The number of ether oxygens (including phenoxy) is 2. The number of hydrogen-bond acceptors (Lipinski definition) is 5. The monoisotopic (exact) mass is 373 g/mol. The largest absolute Gasteiger partial charge is 0.490 e. The summed E-state index contributed by atoms with van der Waals surface area (Å²) in [5, 5.41) is 1.90. The summed E-state index contributed by atoms with van der Waals surface area (Å²) in [5.41, 5.74) is 1.17. The molecule has 0 atom stereocenters. The number of esters is 1. The molecule has 3 rings (SSSR count). The molecule has 2 aromatic rings. The van der Waals surface area contributed by atoms with Gasteiger partial charge in [0.1, 0.15) is 19.0 Å². The predicted molar refractivity (Wildman–Crippen MR) is 101 cm³/mol. The molecule has 2 heterocycles. The summed E-state index contributed by atoms with van der Waals surface area (Å²) in [6.45, 7) is 3.78. The van der Waals surface area contributed by atoms with E-state index in [9.17, 15) is 9.59 Å². The zero-order chi connectivity index (χ0) is 18.4. The van der Waals surface area contributed by atoms with Gasteiger partial charge in [0.2, 0.25) is 0 Å². The Hall–Kier alpha value is -2.34. The van der Waals surface area contributed by atoms with Gasteiger partial charge < -0.3 is 14.4 Å². The molecule has 0 saturated carbocycles. The molecule has 0 radical (unpaired) electrons. The average Bonchev–Trinajstić information content (AvgIpc) is 3.21. The summed E-state index contributed by atoms with van der Waals surface area (Å²) < 4.78 is 10.9. The number of benzene rings is 1. The highest BCUT2D eigenvalue weighted by atomic mass is 32.1. The molecule has 1 saturated heterocycles. The van der Waals surface area contributed by atoms with E-state index in [1.54, 1.807) is 0 Å². The van der Waals surface area contributed by atoms with Gasteiger partial charge in [-0.2, -0.15) is 0 Å². The Bertz CT molecular complexity index is 719. The van der Waals surface area contributed by atoms with Gasteiger partial charge in [-0.3, -0.25) is 9.59 Å². The number of thiophene rings is 1. The van der Waals surface area contributed by atoms with Crippen molar-refractivity contribution in [1.29, 1.82) is 0 Å². The minimum atomic E-state index is -0.194. The van der Waals surface area contributed by atoms with Crippen LogP contribution in [0.5, 0.6) is 5.75 Å². The van der Waals surface area contributed by atoms with E-state index in [0.29, 0.717) is 32.5 Å². The number of carbonyl (C=O) groups is 2. The first kappa shape index (κ1) is 18.5. The van der Waals surface area contributed by atoms with Crippen molar-refractivity contribution < 1.29 is 19.1 Å². The molecule has 5 nitrogen and oxygen atoms in total. The predicted octanol–water partition coefficient (Wildman–Crippen LogP) is 3.53. The Morgan fingerprint density at radius 2 is 1.85 bits per heavy atom. The highest BCUT2D eigenvalue weighted by Gasteiger charge is 2.29. The average molecular weight is 373 g/mol. The maximum atomic E-state index is 12.3. The number of carbonyl (C=O) groups excluding carboxylic acids is 2. The smallest absolute Gasteiger partial charge is 0.309 e. The molecule has 0 aliphatic carbocycles. The number of likely N-dealkylation sites (tertiary alicyclic amines) is 1. The second kappa shape index (κ2) is 8.85. The lowest BCUT2D eigenvalue weighted by molar-refractivity contribution is -0.150. The van der Waals surface area contributed by atoms with Gasteiger partial charge in [0.05, 0.1) is 10.8 Å². The molecule has 1 aliphatic rings. The van der Waals surface area contributed by atoms with Gasteiger partial charge in [-0.15, -0.1) is 11.3 Å². The quantitative estimate of drug-likeness (QED) is 0.574. The molecule has 1 amide bonds. The summed E-state index contributed by atoms with van der Waals surface area (Å²) in [7, 11) is 0. The third-order valence-corrected chi connectivity index (χ3v) is 5.32. The Kier molecular flexibility index (Phi) is 6.28. The van der Waals surface area contributed by atoms with E-state index < -0.39 is 0 Å². The highest BCUT2D eigenvalue weighted by Crippen LogP contribution is 2.21. The van der Waals surface area contributed by atoms with Gasteiger partial charge in [-0.05, 0) is 43.3 Å². The standard InChI is InChI=1S/C20H23NO4S/c1-15-4-6-17(7-5-15)24-12-13-25-20(23)16-8-10-21(11-9-16)19(22)18-3-2-14-26-18/h2-7,14,16H,8-13H2,1H3. The molecule has 6 heteroatoms. The summed E-state index contributed by atoms with van der Waals surface area (Å²) in [6, 6.07) is 11.5. The Labute approximate surface area is 157 Å². The molecule has 0 N–H and O–H groups in total. The van der Waals surface area contributed by atoms with E-state index in [4.69, 9.17) is 9.47 Å². The number of hydrogen-bond donors (Lipinski definition) is 0. The van der Waals surface area contributed by atoms with Crippen LogP contribution in [-0.4, -0.2) is 43.1 Å². The van der Waals surface area contributed by atoms with Crippen LogP contribution >= 0.6 is 11.3 Å². The van der Waals surface area contributed by atoms with E-state index in [2.05, 4.69) is 0 Å². The fraction of sp³-hybridized carbons (Fsp3) is 0.400. The fourth-order valence-corrected chi connectivity index (χ4v) is 3.62. The number of rotatable bonds is 6. The number of amides is 1. The van der Waals surface area contributed by atoms with Crippen LogP contribution in [0, 0.1) is 12.8 Å². The topological polar surface area (TPSA) is 55.8 Å². The summed E-state index contributed by atoms with van der Waals surface area (Å²) in [6.07, 6.45) is 1.30. The van der Waals surface area contributed by atoms with Crippen molar-refractivity contribution in [3.8, 4) is 5.75 Å². The van der Waals surface area contributed by atoms with Gasteiger partial charge in [0.25, 0.3) is 5.91 Å². The molecule has 0 spiro atoms. The van der Waals surface area contributed by atoms with Crippen molar-refractivity contribution in [2.45, 2.75) is 19.8 Å². The van der Waals surface area contributed by atoms with Crippen molar-refractivity contribution >= 4 is 23.2 Å². The van der Waals surface area contributed by atoms with E-state index in [1.807, 2.05) is 53.6 Å². The first-order valence-electron chi connectivity index (χ1n) is 8.82. The van der Waals surface area contributed by atoms with Crippen LogP contribution in [0.3, 0.4) is 0 Å². The van der Waals surface area contributed by atoms with Crippen LogP contribution in [0.15, 0.2) is 41.8 Å². The minimum Gasteiger partial charge on any atom is -0.490 e. The lowest BCUT2D eigenvalue weighted by Crippen LogP contribution is -2.40. The van der Waals surface area contributed by atoms with E-state index in [-0.39, 0.29) is 24.4 Å². The second-order valence-corrected chi connectivity index (χ2v) is 7.32. The van der Waals surface area contributed by atoms with Crippen molar-refractivity contribution in [3.05, 3.63) is 52.2 Å². The Morgan fingerprint density at radius 1 is 1.12 bits per heavy atom.